The van der Waals surface area contributed by atoms with E-state index in [-0.39, 0.29) is 11.9 Å². The summed E-state index contributed by atoms with van der Waals surface area (Å²) in [6, 6.07) is 7.27. The number of carbonyl (C=O) groups excluding carboxylic acids is 1. The van der Waals surface area contributed by atoms with Crippen molar-refractivity contribution in [1.82, 2.24) is 20.1 Å². The standard InChI is InChI=1S/C14H17N5O2/c20-12-5-13(16-6-12)14(21)18-11-3-1-10(2-4-11)7-19-9-15-8-17-19/h1-4,8-9,12-13,16,20H,5-7H2,(H,18,21). The lowest BCUT2D eigenvalue weighted by molar-refractivity contribution is -0.117. The Morgan fingerprint density at radius 2 is 2.24 bits per heavy atom. The van der Waals surface area contributed by atoms with Gasteiger partial charge in [-0.3, -0.25) is 4.79 Å². The number of rotatable bonds is 4. The van der Waals surface area contributed by atoms with Crippen LogP contribution < -0.4 is 10.6 Å². The van der Waals surface area contributed by atoms with Crippen LogP contribution in [0.3, 0.4) is 0 Å². The summed E-state index contributed by atoms with van der Waals surface area (Å²) in [6.07, 6.45) is 3.17. The number of aliphatic hydroxyl groups excluding tert-OH is 1. The number of hydrogen-bond acceptors (Lipinski definition) is 5. The molecular formula is C14H17N5O2. The van der Waals surface area contributed by atoms with Crippen molar-refractivity contribution < 1.29 is 9.90 Å². The molecule has 3 rings (SSSR count). The monoisotopic (exact) mass is 287 g/mol. The molecule has 2 heterocycles. The molecular weight excluding hydrogens is 270 g/mol. The smallest absolute Gasteiger partial charge is 0.241 e. The van der Waals surface area contributed by atoms with Gasteiger partial charge in [-0.2, -0.15) is 5.10 Å². The van der Waals surface area contributed by atoms with Crippen molar-refractivity contribution >= 4 is 11.6 Å². The highest BCUT2D eigenvalue weighted by atomic mass is 16.3. The van der Waals surface area contributed by atoms with Gasteiger partial charge in [-0.25, -0.2) is 9.67 Å². The van der Waals surface area contributed by atoms with E-state index in [0.29, 0.717) is 19.5 Å². The summed E-state index contributed by atoms with van der Waals surface area (Å²) in [4.78, 5) is 15.9. The minimum Gasteiger partial charge on any atom is -0.392 e. The third-order valence-corrected chi connectivity index (χ3v) is 3.46. The van der Waals surface area contributed by atoms with Gasteiger partial charge < -0.3 is 15.7 Å². The highest BCUT2D eigenvalue weighted by molar-refractivity contribution is 5.95. The fourth-order valence-corrected chi connectivity index (χ4v) is 2.34. The summed E-state index contributed by atoms with van der Waals surface area (Å²) in [6.45, 7) is 1.11. The minimum atomic E-state index is -0.439. The van der Waals surface area contributed by atoms with Crippen molar-refractivity contribution in [2.75, 3.05) is 11.9 Å². The van der Waals surface area contributed by atoms with E-state index in [4.69, 9.17) is 0 Å². The molecule has 1 saturated heterocycles. The van der Waals surface area contributed by atoms with E-state index < -0.39 is 6.10 Å². The maximum absolute atomic E-state index is 12.0. The van der Waals surface area contributed by atoms with Gasteiger partial charge in [0.1, 0.15) is 12.7 Å². The van der Waals surface area contributed by atoms with Gasteiger partial charge in [0.05, 0.1) is 18.7 Å². The largest absolute Gasteiger partial charge is 0.392 e. The molecule has 1 fully saturated rings. The van der Waals surface area contributed by atoms with E-state index in [2.05, 4.69) is 20.7 Å². The summed E-state index contributed by atoms with van der Waals surface area (Å²) in [5, 5.41) is 19.3. The van der Waals surface area contributed by atoms with Crippen molar-refractivity contribution in [3.63, 3.8) is 0 Å². The first-order chi connectivity index (χ1) is 10.2. The molecule has 0 radical (unpaired) electrons. The van der Waals surface area contributed by atoms with Crippen LogP contribution in [0.15, 0.2) is 36.9 Å². The van der Waals surface area contributed by atoms with E-state index >= 15 is 0 Å². The zero-order valence-electron chi connectivity index (χ0n) is 11.4. The number of anilines is 1. The van der Waals surface area contributed by atoms with E-state index in [1.54, 1.807) is 11.0 Å². The Morgan fingerprint density at radius 1 is 1.43 bits per heavy atom. The Kier molecular flexibility index (Phi) is 3.94. The van der Waals surface area contributed by atoms with Crippen LogP contribution in [0.5, 0.6) is 0 Å². The van der Waals surface area contributed by atoms with Crippen LogP contribution in [0, 0.1) is 0 Å². The lowest BCUT2D eigenvalue weighted by atomic mass is 10.1. The molecule has 7 heteroatoms. The van der Waals surface area contributed by atoms with Crippen LogP contribution in [0.2, 0.25) is 0 Å². The highest BCUT2D eigenvalue weighted by Crippen LogP contribution is 2.13. The molecule has 3 N–H and O–H groups in total. The fourth-order valence-electron chi connectivity index (χ4n) is 2.34. The van der Waals surface area contributed by atoms with Crippen molar-refractivity contribution in [2.24, 2.45) is 0 Å². The normalized spacial score (nSPS) is 21.4. The van der Waals surface area contributed by atoms with Crippen LogP contribution in [0.25, 0.3) is 0 Å². The number of amides is 1. The first-order valence-corrected chi connectivity index (χ1v) is 6.84. The Balaban J connectivity index is 1.58. The Bertz CT molecular complexity index is 596. The Morgan fingerprint density at radius 3 is 2.86 bits per heavy atom. The predicted molar refractivity (Wildman–Crippen MR) is 76.6 cm³/mol. The second-order valence-corrected chi connectivity index (χ2v) is 5.13. The zero-order valence-corrected chi connectivity index (χ0v) is 11.4. The summed E-state index contributed by atoms with van der Waals surface area (Å²) in [7, 11) is 0. The first-order valence-electron chi connectivity index (χ1n) is 6.84. The van der Waals surface area contributed by atoms with Crippen molar-refractivity contribution in [3.8, 4) is 0 Å². The fraction of sp³-hybridized carbons (Fsp3) is 0.357. The molecule has 1 aliphatic heterocycles. The number of carbonyl (C=O) groups is 1. The number of hydrogen-bond donors (Lipinski definition) is 3. The van der Waals surface area contributed by atoms with Crippen LogP contribution >= 0.6 is 0 Å². The molecule has 2 atom stereocenters. The van der Waals surface area contributed by atoms with Crippen LogP contribution in [-0.2, 0) is 11.3 Å². The number of aromatic nitrogens is 3. The predicted octanol–water partition coefficient (Wildman–Crippen LogP) is -0.0123. The molecule has 110 valence electrons. The average Bonchev–Trinajstić information content (AvgIpc) is 3.12. The molecule has 0 bridgehead atoms. The minimum absolute atomic E-state index is 0.115. The molecule has 7 nitrogen and oxygen atoms in total. The number of nitrogens with zero attached hydrogens (tertiary/aromatic N) is 3. The highest BCUT2D eigenvalue weighted by Gasteiger charge is 2.27. The van der Waals surface area contributed by atoms with E-state index in [1.165, 1.54) is 6.33 Å². The summed E-state index contributed by atoms with van der Waals surface area (Å²) >= 11 is 0. The molecule has 2 unspecified atom stereocenters. The molecule has 21 heavy (non-hydrogen) atoms. The SMILES string of the molecule is O=C(Nc1ccc(Cn2cncn2)cc1)C1CC(O)CN1. The van der Waals surface area contributed by atoms with Gasteiger partial charge in [-0.05, 0) is 24.1 Å². The number of β-amino-alcohol motifs (C(OH)–C–C–N with tert-alkyl or cyclic N) is 1. The third-order valence-electron chi connectivity index (χ3n) is 3.46. The van der Waals surface area contributed by atoms with Crippen molar-refractivity contribution in [1.29, 1.82) is 0 Å². The van der Waals surface area contributed by atoms with Gasteiger partial charge in [0, 0.05) is 12.2 Å². The van der Waals surface area contributed by atoms with Crippen molar-refractivity contribution in [3.05, 3.63) is 42.5 Å². The summed E-state index contributed by atoms with van der Waals surface area (Å²) in [5.74, 6) is -0.115. The van der Waals surface area contributed by atoms with Crippen LogP contribution in [0.1, 0.15) is 12.0 Å². The van der Waals surface area contributed by atoms with E-state index in [1.807, 2.05) is 24.3 Å². The lowest BCUT2D eigenvalue weighted by Crippen LogP contribution is -2.35. The molecule has 0 spiro atoms. The number of nitrogens with one attached hydrogen (secondary N) is 2. The van der Waals surface area contributed by atoms with Crippen LogP contribution in [0.4, 0.5) is 5.69 Å². The molecule has 0 aliphatic carbocycles. The Labute approximate surface area is 122 Å². The van der Waals surface area contributed by atoms with E-state index in [9.17, 15) is 9.90 Å². The van der Waals surface area contributed by atoms with Gasteiger partial charge in [0.25, 0.3) is 0 Å². The topological polar surface area (TPSA) is 92.1 Å². The van der Waals surface area contributed by atoms with Gasteiger partial charge in [-0.15, -0.1) is 0 Å². The summed E-state index contributed by atoms with van der Waals surface area (Å²) < 4.78 is 1.73. The Hall–Kier alpha value is -2.25. The average molecular weight is 287 g/mol. The third kappa shape index (κ3) is 3.45. The molecule has 1 aliphatic rings. The quantitative estimate of drug-likeness (QED) is 0.735. The second-order valence-electron chi connectivity index (χ2n) is 5.13. The molecule has 1 aromatic carbocycles. The van der Waals surface area contributed by atoms with Gasteiger partial charge in [-0.1, -0.05) is 12.1 Å². The van der Waals surface area contributed by atoms with E-state index in [0.717, 1.165) is 11.3 Å². The summed E-state index contributed by atoms with van der Waals surface area (Å²) in [5.41, 5.74) is 1.82. The molecule has 1 amide bonds. The maximum Gasteiger partial charge on any atom is 0.241 e. The van der Waals surface area contributed by atoms with Crippen molar-refractivity contribution in [2.45, 2.75) is 25.1 Å². The van der Waals surface area contributed by atoms with Gasteiger partial charge in [0.15, 0.2) is 0 Å². The maximum atomic E-state index is 12.0. The van der Waals surface area contributed by atoms with Gasteiger partial charge in [0.2, 0.25) is 5.91 Å². The molecule has 0 saturated carbocycles. The van der Waals surface area contributed by atoms with Gasteiger partial charge >= 0.3 is 0 Å². The first kappa shape index (κ1) is 13.7. The lowest BCUT2D eigenvalue weighted by Gasteiger charge is -2.11. The number of benzene rings is 1. The number of aliphatic hydroxyl groups is 1. The van der Waals surface area contributed by atoms with Crippen LogP contribution in [-0.4, -0.2) is 44.5 Å². The molecule has 2 aromatic rings. The second kappa shape index (κ2) is 6.02. The zero-order chi connectivity index (χ0) is 14.7. The molecule has 1 aromatic heterocycles.